The van der Waals surface area contributed by atoms with E-state index in [1.807, 2.05) is 28.9 Å². The first-order valence-electron chi connectivity index (χ1n) is 10.4. The first-order chi connectivity index (χ1) is 14.7. The van der Waals surface area contributed by atoms with Gasteiger partial charge in [-0.05, 0) is 42.5 Å². The summed E-state index contributed by atoms with van der Waals surface area (Å²) in [6, 6.07) is 15.9. The van der Waals surface area contributed by atoms with Crippen LogP contribution in [0.25, 0.3) is 11.4 Å². The van der Waals surface area contributed by atoms with Crippen LogP contribution in [0.4, 0.5) is 5.95 Å². The van der Waals surface area contributed by atoms with Crippen molar-refractivity contribution in [1.82, 2.24) is 14.8 Å². The Balaban J connectivity index is 1.66. The van der Waals surface area contributed by atoms with E-state index in [2.05, 4.69) is 36.5 Å². The van der Waals surface area contributed by atoms with Gasteiger partial charge in [0, 0.05) is 17.7 Å². The van der Waals surface area contributed by atoms with Crippen molar-refractivity contribution in [3.05, 3.63) is 70.9 Å². The van der Waals surface area contributed by atoms with E-state index < -0.39 is 0 Å². The number of aromatic nitrogens is 3. The highest BCUT2D eigenvalue weighted by Gasteiger charge is 2.37. The van der Waals surface area contributed by atoms with Gasteiger partial charge in [0.05, 0.1) is 12.7 Å². The van der Waals surface area contributed by atoms with Crippen molar-refractivity contribution in [3.8, 4) is 17.1 Å². The van der Waals surface area contributed by atoms with Gasteiger partial charge in [-0.15, -0.1) is 5.10 Å². The standard InChI is InChI=1S/C24H24N4O2/c1-3-15-11-13-16(14-12-15)22-21-18(8-6-9-19(21)29)25-24-26-23(27-28(22)24)17-7-4-5-10-20(17)30-2/h4-5,7,10-14,22H,3,6,8-9H2,1-2H3,(H,25,26,27). The zero-order valence-electron chi connectivity index (χ0n) is 17.2. The number of ketones is 1. The molecule has 0 saturated carbocycles. The second kappa shape index (κ2) is 7.44. The molecule has 30 heavy (non-hydrogen) atoms. The Morgan fingerprint density at radius 2 is 1.93 bits per heavy atom. The van der Waals surface area contributed by atoms with Gasteiger partial charge in [0.25, 0.3) is 0 Å². The minimum atomic E-state index is -0.272. The SMILES string of the molecule is CCc1ccc(C2C3=C(CCCC3=O)Nc3nc(-c4ccccc4OC)nn32)cc1. The molecule has 1 N–H and O–H groups in total. The first-order valence-corrected chi connectivity index (χ1v) is 10.4. The highest BCUT2D eigenvalue weighted by Crippen LogP contribution is 2.41. The van der Waals surface area contributed by atoms with Crippen molar-refractivity contribution >= 4 is 11.7 Å². The lowest BCUT2D eigenvalue weighted by atomic mass is 9.85. The largest absolute Gasteiger partial charge is 0.496 e. The molecule has 0 saturated heterocycles. The number of carbonyl (C=O) groups excluding carboxylic acids is 1. The molecule has 1 unspecified atom stereocenters. The van der Waals surface area contributed by atoms with E-state index in [-0.39, 0.29) is 11.8 Å². The predicted molar refractivity (Wildman–Crippen MR) is 115 cm³/mol. The maximum Gasteiger partial charge on any atom is 0.226 e. The van der Waals surface area contributed by atoms with Gasteiger partial charge in [-0.1, -0.05) is 43.3 Å². The molecule has 6 nitrogen and oxygen atoms in total. The fraction of sp³-hybridized carbons (Fsp3) is 0.292. The van der Waals surface area contributed by atoms with Crippen LogP contribution < -0.4 is 10.1 Å². The first kappa shape index (κ1) is 18.6. The quantitative estimate of drug-likeness (QED) is 0.696. The van der Waals surface area contributed by atoms with Crippen molar-refractivity contribution in [3.63, 3.8) is 0 Å². The normalized spacial score (nSPS) is 17.9. The smallest absolute Gasteiger partial charge is 0.226 e. The number of methoxy groups -OCH3 is 1. The summed E-state index contributed by atoms with van der Waals surface area (Å²) >= 11 is 0. The molecule has 1 atom stereocenters. The third kappa shape index (κ3) is 3.00. The predicted octanol–water partition coefficient (Wildman–Crippen LogP) is 4.54. The number of Topliss-reactive ketones (excluding diaryl/α,β-unsaturated/α-hetero) is 1. The summed E-state index contributed by atoms with van der Waals surface area (Å²) in [7, 11) is 1.64. The molecular formula is C24H24N4O2. The maximum atomic E-state index is 12.9. The fourth-order valence-corrected chi connectivity index (χ4v) is 4.34. The molecule has 0 amide bonds. The molecule has 1 aliphatic carbocycles. The van der Waals surface area contributed by atoms with Crippen LogP contribution in [0.15, 0.2) is 59.8 Å². The number of benzene rings is 2. The summed E-state index contributed by atoms with van der Waals surface area (Å²) < 4.78 is 7.36. The van der Waals surface area contributed by atoms with Gasteiger partial charge in [0.15, 0.2) is 11.6 Å². The van der Waals surface area contributed by atoms with Crippen LogP contribution in [0.1, 0.15) is 43.4 Å². The molecule has 2 aromatic carbocycles. The molecule has 152 valence electrons. The number of nitrogens with one attached hydrogen (secondary N) is 1. The monoisotopic (exact) mass is 400 g/mol. The topological polar surface area (TPSA) is 69.0 Å². The minimum Gasteiger partial charge on any atom is -0.496 e. The van der Waals surface area contributed by atoms with E-state index in [1.54, 1.807) is 7.11 Å². The Hall–Kier alpha value is -3.41. The summed E-state index contributed by atoms with van der Waals surface area (Å²) in [5, 5.41) is 8.22. The number of aryl methyl sites for hydroxylation is 1. The van der Waals surface area contributed by atoms with Crippen LogP contribution in [-0.4, -0.2) is 27.7 Å². The van der Waals surface area contributed by atoms with Gasteiger partial charge in [-0.2, -0.15) is 4.98 Å². The number of para-hydroxylation sites is 1. The average Bonchev–Trinajstić information content (AvgIpc) is 3.21. The Labute approximate surface area is 175 Å². The Kier molecular flexibility index (Phi) is 4.62. The molecule has 5 rings (SSSR count). The van der Waals surface area contributed by atoms with Crippen molar-refractivity contribution in [2.45, 2.75) is 38.6 Å². The van der Waals surface area contributed by atoms with Crippen molar-refractivity contribution in [2.75, 3.05) is 12.4 Å². The Morgan fingerprint density at radius 1 is 1.13 bits per heavy atom. The van der Waals surface area contributed by atoms with Crippen LogP contribution in [0.5, 0.6) is 5.75 Å². The second-order valence-corrected chi connectivity index (χ2v) is 7.70. The van der Waals surface area contributed by atoms with Crippen molar-refractivity contribution in [2.24, 2.45) is 0 Å². The summed E-state index contributed by atoms with van der Waals surface area (Å²) in [5.41, 5.74) is 4.93. The average molecular weight is 400 g/mol. The lowest BCUT2D eigenvalue weighted by molar-refractivity contribution is -0.116. The molecule has 0 fully saturated rings. The van der Waals surface area contributed by atoms with Crippen molar-refractivity contribution < 1.29 is 9.53 Å². The van der Waals surface area contributed by atoms with Gasteiger partial charge in [-0.3, -0.25) is 4.79 Å². The number of fused-ring (bicyclic) bond motifs is 1. The van der Waals surface area contributed by atoms with Gasteiger partial charge >= 0.3 is 0 Å². The number of hydrogen-bond donors (Lipinski definition) is 1. The maximum absolute atomic E-state index is 12.9. The molecule has 1 aliphatic heterocycles. The molecule has 3 aromatic rings. The second-order valence-electron chi connectivity index (χ2n) is 7.70. The highest BCUT2D eigenvalue weighted by atomic mass is 16.5. The number of allylic oxidation sites excluding steroid dienone is 2. The van der Waals surface area contributed by atoms with Gasteiger partial charge in [0.2, 0.25) is 5.95 Å². The van der Waals surface area contributed by atoms with Crippen LogP contribution in [0, 0.1) is 0 Å². The lowest BCUT2D eigenvalue weighted by Crippen LogP contribution is -2.31. The summed E-state index contributed by atoms with van der Waals surface area (Å²) in [6.45, 7) is 2.14. The molecular weight excluding hydrogens is 376 g/mol. The van der Waals surface area contributed by atoms with E-state index in [9.17, 15) is 4.79 Å². The van der Waals surface area contributed by atoms with E-state index in [4.69, 9.17) is 14.8 Å². The van der Waals surface area contributed by atoms with E-state index >= 15 is 0 Å². The number of nitrogens with zero attached hydrogens (tertiary/aromatic N) is 3. The number of hydrogen-bond acceptors (Lipinski definition) is 5. The van der Waals surface area contributed by atoms with Gasteiger partial charge < -0.3 is 10.1 Å². The number of ether oxygens (including phenoxy) is 1. The van der Waals surface area contributed by atoms with Gasteiger partial charge in [0.1, 0.15) is 11.8 Å². The molecule has 0 spiro atoms. The number of rotatable bonds is 4. The Morgan fingerprint density at radius 3 is 2.70 bits per heavy atom. The lowest BCUT2D eigenvalue weighted by Gasteiger charge is -2.32. The molecule has 0 bridgehead atoms. The summed E-state index contributed by atoms with van der Waals surface area (Å²) in [4.78, 5) is 17.7. The zero-order valence-corrected chi connectivity index (χ0v) is 17.2. The number of anilines is 1. The third-order valence-electron chi connectivity index (χ3n) is 5.92. The molecule has 1 aromatic heterocycles. The van der Waals surface area contributed by atoms with E-state index in [0.717, 1.165) is 47.4 Å². The van der Waals surface area contributed by atoms with Crippen LogP contribution in [0.2, 0.25) is 0 Å². The minimum absolute atomic E-state index is 0.188. The van der Waals surface area contributed by atoms with Crippen molar-refractivity contribution in [1.29, 1.82) is 0 Å². The highest BCUT2D eigenvalue weighted by molar-refractivity contribution is 5.99. The van der Waals surface area contributed by atoms with Crippen LogP contribution >= 0.6 is 0 Å². The third-order valence-corrected chi connectivity index (χ3v) is 5.92. The van der Waals surface area contributed by atoms with Gasteiger partial charge in [-0.25, -0.2) is 4.68 Å². The van der Waals surface area contributed by atoms with E-state index in [1.165, 1.54) is 5.56 Å². The molecule has 6 heteroatoms. The molecule has 0 radical (unpaired) electrons. The van der Waals surface area contributed by atoms with E-state index in [0.29, 0.717) is 18.2 Å². The summed E-state index contributed by atoms with van der Waals surface area (Å²) in [6.07, 6.45) is 3.26. The van der Waals surface area contributed by atoms with Crippen LogP contribution in [0.3, 0.4) is 0 Å². The molecule has 2 heterocycles. The zero-order chi connectivity index (χ0) is 20.7. The fourth-order valence-electron chi connectivity index (χ4n) is 4.34. The molecule has 2 aliphatic rings. The number of carbonyl (C=O) groups is 1. The summed E-state index contributed by atoms with van der Waals surface area (Å²) in [5.74, 6) is 2.15. The van der Waals surface area contributed by atoms with Crippen LogP contribution in [-0.2, 0) is 11.2 Å². The Bertz CT molecular complexity index is 1140.